The molecular weight excluding hydrogens is 168 g/mol. The first-order valence-corrected chi connectivity index (χ1v) is 5.79. The van der Waals surface area contributed by atoms with Crippen molar-refractivity contribution in [1.82, 2.24) is 0 Å². The van der Waals surface area contributed by atoms with E-state index in [1.807, 2.05) is 0 Å². The average molecular weight is 200 g/mol. The first kappa shape index (κ1) is 16.4. The van der Waals surface area contributed by atoms with Crippen LogP contribution in [0.2, 0.25) is 0 Å². The molecule has 0 spiro atoms. The molecule has 0 aliphatic heterocycles. The van der Waals surface area contributed by atoms with E-state index < -0.39 is 0 Å². The van der Waals surface area contributed by atoms with Gasteiger partial charge < -0.3 is 0 Å². The van der Waals surface area contributed by atoms with Crippen LogP contribution < -0.4 is 0 Å². The van der Waals surface area contributed by atoms with Gasteiger partial charge in [0.15, 0.2) is 0 Å². The average Bonchev–Trinajstić information content (AvgIpc) is 2.02. The summed E-state index contributed by atoms with van der Waals surface area (Å²) in [6, 6.07) is 0. The van der Waals surface area contributed by atoms with Crippen molar-refractivity contribution in [2.75, 3.05) is 0 Å². The zero-order chi connectivity index (χ0) is 9.03. The summed E-state index contributed by atoms with van der Waals surface area (Å²) in [5.41, 5.74) is 0.790. The maximum atomic E-state index is 2.36. The van der Waals surface area contributed by atoms with Crippen LogP contribution in [0.15, 0.2) is 0 Å². The summed E-state index contributed by atoms with van der Waals surface area (Å²) in [6.45, 7) is 7.07. The van der Waals surface area contributed by atoms with E-state index in [4.69, 9.17) is 0 Å². The molecule has 0 atom stereocenters. The fourth-order valence-electron chi connectivity index (χ4n) is 3.15. The van der Waals surface area contributed by atoms with Crippen molar-refractivity contribution in [3.63, 3.8) is 0 Å². The van der Waals surface area contributed by atoms with Gasteiger partial charge in [0.2, 0.25) is 0 Å². The van der Waals surface area contributed by atoms with E-state index in [-0.39, 0.29) is 14.9 Å². The first-order valence-electron chi connectivity index (χ1n) is 5.79. The molecule has 1 aliphatic rings. The molecule has 0 radical (unpaired) electrons. The van der Waals surface area contributed by atoms with Crippen LogP contribution in [-0.4, -0.2) is 0 Å². The SMILES string of the molecule is C.C.CCCC1(C(CC)CC)CCC1. The van der Waals surface area contributed by atoms with Crippen LogP contribution in [0.4, 0.5) is 0 Å². The summed E-state index contributed by atoms with van der Waals surface area (Å²) < 4.78 is 0. The summed E-state index contributed by atoms with van der Waals surface area (Å²) >= 11 is 0. The lowest BCUT2D eigenvalue weighted by atomic mass is 9.57. The van der Waals surface area contributed by atoms with Crippen molar-refractivity contribution in [1.29, 1.82) is 0 Å². The molecule has 0 aromatic carbocycles. The lowest BCUT2D eigenvalue weighted by Crippen LogP contribution is -2.36. The Morgan fingerprint density at radius 1 is 1.00 bits per heavy atom. The smallest absolute Gasteiger partial charge is 0.0269 e. The second-order valence-electron chi connectivity index (χ2n) is 4.48. The lowest BCUT2D eigenvalue weighted by molar-refractivity contribution is 0.0323. The van der Waals surface area contributed by atoms with Gasteiger partial charge in [-0.25, -0.2) is 0 Å². The third-order valence-corrected chi connectivity index (χ3v) is 3.95. The Morgan fingerprint density at radius 2 is 1.50 bits per heavy atom. The normalized spacial score (nSPS) is 18.0. The van der Waals surface area contributed by atoms with Crippen LogP contribution in [0.25, 0.3) is 0 Å². The van der Waals surface area contributed by atoms with Crippen LogP contribution in [0, 0.1) is 11.3 Å². The van der Waals surface area contributed by atoms with Gasteiger partial charge in [-0.05, 0) is 30.6 Å². The van der Waals surface area contributed by atoms with Crippen LogP contribution >= 0.6 is 0 Å². The van der Waals surface area contributed by atoms with E-state index in [0.29, 0.717) is 0 Å². The second-order valence-corrected chi connectivity index (χ2v) is 4.48. The molecule has 14 heavy (non-hydrogen) atoms. The molecule has 0 bridgehead atoms. The van der Waals surface area contributed by atoms with Gasteiger partial charge in [0.05, 0.1) is 0 Å². The minimum Gasteiger partial charge on any atom is -0.0776 e. The predicted molar refractivity (Wildman–Crippen MR) is 68.7 cm³/mol. The maximum absolute atomic E-state index is 2.36. The monoisotopic (exact) mass is 200 g/mol. The lowest BCUT2D eigenvalue weighted by Gasteiger charge is -2.48. The molecule has 0 nitrogen and oxygen atoms in total. The van der Waals surface area contributed by atoms with E-state index in [2.05, 4.69) is 20.8 Å². The van der Waals surface area contributed by atoms with E-state index in [1.54, 1.807) is 0 Å². The highest BCUT2D eigenvalue weighted by atomic mass is 14.5. The Hall–Kier alpha value is 0. The largest absolute Gasteiger partial charge is 0.0776 e. The van der Waals surface area contributed by atoms with E-state index in [1.165, 1.54) is 44.9 Å². The molecule has 0 aromatic rings. The van der Waals surface area contributed by atoms with Gasteiger partial charge in [-0.15, -0.1) is 0 Å². The molecule has 0 N–H and O–H groups in total. The molecule has 0 amide bonds. The van der Waals surface area contributed by atoms with Crippen molar-refractivity contribution in [2.24, 2.45) is 11.3 Å². The van der Waals surface area contributed by atoms with Gasteiger partial charge in [0.25, 0.3) is 0 Å². The van der Waals surface area contributed by atoms with Gasteiger partial charge in [-0.1, -0.05) is 61.3 Å². The van der Waals surface area contributed by atoms with Gasteiger partial charge in [-0.2, -0.15) is 0 Å². The Bertz CT molecular complexity index is 118. The number of hydrogen-bond donors (Lipinski definition) is 0. The second kappa shape index (κ2) is 7.31. The zero-order valence-corrected chi connectivity index (χ0v) is 9.03. The van der Waals surface area contributed by atoms with Crippen LogP contribution in [0.5, 0.6) is 0 Å². The minimum absolute atomic E-state index is 0. The highest BCUT2D eigenvalue weighted by Crippen LogP contribution is 2.52. The fourth-order valence-corrected chi connectivity index (χ4v) is 3.15. The molecular formula is C14H32. The summed E-state index contributed by atoms with van der Waals surface area (Å²) in [5.74, 6) is 1.02. The minimum atomic E-state index is 0. The highest BCUT2D eigenvalue weighted by molar-refractivity contribution is 4.91. The quantitative estimate of drug-likeness (QED) is 0.537. The Kier molecular flexibility index (Phi) is 8.58. The van der Waals surface area contributed by atoms with Crippen molar-refractivity contribution < 1.29 is 0 Å². The standard InChI is InChI=1S/C12H24.2CH4/c1-4-8-12(9-7-10-12)11(5-2)6-3;;/h11H,4-10H2,1-3H3;2*1H4. The first-order chi connectivity index (χ1) is 5.79. The predicted octanol–water partition coefficient (Wildman–Crippen LogP) is 5.67. The topological polar surface area (TPSA) is 0 Å². The van der Waals surface area contributed by atoms with Crippen LogP contribution in [0.3, 0.4) is 0 Å². The third-order valence-electron chi connectivity index (χ3n) is 3.95. The molecule has 88 valence electrons. The van der Waals surface area contributed by atoms with Gasteiger partial charge in [-0.3, -0.25) is 0 Å². The molecule has 1 saturated carbocycles. The Labute approximate surface area is 92.5 Å². The van der Waals surface area contributed by atoms with Crippen molar-refractivity contribution >= 4 is 0 Å². The van der Waals surface area contributed by atoms with Crippen molar-refractivity contribution in [3.8, 4) is 0 Å². The van der Waals surface area contributed by atoms with Crippen LogP contribution in [0.1, 0.15) is 80.6 Å². The summed E-state index contributed by atoms with van der Waals surface area (Å²) in [6.07, 6.45) is 10.2. The molecule has 0 unspecified atom stereocenters. The van der Waals surface area contributed by atoms with Gasteiger partial charge in [0, 0.05) is 0 Å². The zero-order valence-electron chi connectivity index (χ0n) is 9.03. The van der Waals surface area contributed by atoms with E-state index in [9.17, 15) is 0 Å². The van der Waals surface area contributed by atoms with E-state index >= 15 is 0 Å². The molecule has 1 rings (SSSR count). The fraction of sp³-hybridized carbons (Fsp3) is 1.00. The number of rotatable bonds is 5. The molecule has 0 aromatic heterocycles. The van der Waals surface area contributed by atoms with Crippen molar-refractivity contribution in [3.05, 3.63) is 0 Å². The molecule has 0 heterocycles. The van der Waals surface area contributed by atoms with Gasteiger partial charge >= 0.3 is 0 Å². The summed E-state index contributed by atoms with van der Waals surface area (Å²) in [4.78, 5) is 0. The third kappa shape index (κ3) is 3.00. The van der Waals surface area contributed by atoms with E-state index in [0.717, 1.165) is 11.3 Å². The number of hydrogen-bond acceptors (Lipinski definition) is 0. The molecule has 1 aliphatic carbocycles. The molecule has 0 saturated heterocycles. The summed E-state index contributed by atoms with van der Waals surface area (Å²) in [7, 11) is 0. The Morgan fingerprint density at radius 3 is 1.71 bits per heavy atom. The molecule has 1 fully saturated rings. The Balaban J connectivity index is 0. The van der Waals surface area contributed by atoms with Gasteiger partial charge in [0.1, 0.15) is 0 Å². The van der Waals surface area contributed by atoms with Crippen LogP contribution in [-0.2, 0) is 0 Å². The molecule has 0 heteroatoms. The van der Waals surface area contributed by atoms with Crippen molar-refractivity contribution in [2.45, 2.75) is 80.6 Å². The summed E-state index contributed by atoms with van der Waals surface area (Å²) in [5, 5.41) is 0. The highest BCUT2D eigenvalue weighted by Gasteiger charge is 2.40. The maximum Gasteiger partial charge on any atom is -0.0269 e.